The van der Waals surface area contributed by atoms with Crippen LogP contribution in [0, 0.1) is 0 Å². The first-order chi connectivity index (χ1) is 20.7. The van der Waals surface area contributed by atoms with Crippen LogP contribution in [0.2, 0.25) is 0 Å². The van der Waals surface area contributed by atoms with Gasteiger partial charge >= 0.3 is 5.97 Å². The maximum atomic E-state index is 13.6. The molecule has 0 spiro atoms. The lowest BCUT2D eigenvalue weighted by Gasteiger charge is -2.44. The molecular formula is C35H36O7. The number of carbonyl (C=O) groups excluding carboxylic acids is 1. The van der Waals surface area contributed by atoms with E-state index >= 15 is 0 Å². The van der Waals surface area contributed by atoms with E-state index in [0.29, 0.717) is 6.61 Å². The summed E-state index contributed by atoms with van der Waals surface area (Å²) >= 11 is 0. The topological polar surface area (TPSA) is 72.5 Å². The van der Waals surface area contributed by atoms with Gasteiger partial charge in [-0.3, -0.25) is 0 Å². The maximum Gasteiger partial charge on any atom is 0.338 e. The summed E-state index contributed by atoms with van der Waals surface area (Å²) in [4.78, 5) is 13.6. The summed E-state index contributed by atoms with van der Waals surface area (Å²) in [7, 11) is 1.52. The van der Waals surface area contributed by atoms with Crippen LogP contribution < -0.4 is 0 Å². The first-order valence-corrected chi connectivity index (χ1v) is 14.1. The fourth-order valence-electron chi connectivity index (χ4n) is 4.85. The molecule has 0 amide bonds. The van der Waals surface area contributed by atoms with Crippen molar-refractivity contribution in [3.63, 3.8) is 0 Å². The molecule has 1 heterocycles. The minimum absolute atomic E-state index is 0.103. The summed E-state index contributed by atoms with van der Waals surface area (Å²) < 4.78 is 37.1. The van der Waals surface area contributed by atoms with Gasteiger partial charge in [0.15, 0.2) is 12.4 Å². The van der Waals surface area contributed by atoms with E-state index < -0.39 is 36.7 Å². The van der Waals surface area contributed by atoms with Gasteiger partial charge in [0.05, 0.1) is 19.8 Å². The monoisotopic (exact) mass is 568 g/mol. The minimum Gasteiger partial charge on any atom is -0.459 e. The number of esters is 1. The second-order valence-electron chi connectivity index (χ2n) is 10.0. The Morgan fingerprint density at radius 2 is 0.929 bits per heavy atom. The molecular weight excluding hydrogens is 532 g/mol. The van der Waals surface area contributed by atoms with Crippen LogP contribution in [0.15, 0.2) is 121 Å². The second kappa shape index (κ2) is 15.4. The molecule has 218 valence electrons. The number of benzene rings is 4. The molecule has 0 bridgehead atoms. The lowest BCUT2D eigenvalue weighted by Crippen LogP contribution is -2.62. The Balaban J connectivity index is 1.42. The standard InChI is InChI=1S/C35H36O7/c1-37-35-33(40-24-28-18-10-4-11-19-28)31(39-23-27-16-8-3-9-17-27)30(38-22-26-14-6-2-7-15-26)32(42-35)34(36)41-25-29-20-12-5-13-21-29/h2-21,30-33,35H,22-25H2,1H3/t30-,31?,32?,33?,35-/m1/s1. The maximum absolute atomic E-state index is 13.6. The van der Waals surface area contributed by atoms with Gasteiger partial charge < -0.3 is 28.4 Å². The van der Waals surface area contributed by atoms with Crippen LogP contribution in [0.3, 0.4) is 0 Å². The average Bonchev–Trinajstić information content (AvgIpc) is 3.06. The highest BCUT2D eigenvalue weighted by Crippen LogP contribution is 2.31. The third kappa shape index (κ3) is 8.12. The summed E-state index contributed by atoms with van der Waals surface area (Å²) in [6.07, 6.45) is -4.27. The summed E-state index contributed by atoms with van der Waals surface area (Å²) in [6, 6.07) is 38.9. The molecule has 4 aromatic rings. The molecule has 4 aromatic carbocycles. The Morgan fingerprint density at radius 1 is 0.548 bits per heavy atom. The molecule has 5 rings (SSSR count). The zero-order chi connectivity index (χ0) is 29.0. The van der Waals surface area contributed by atoms with E-state index in [9.17, 15) is 4.79 Å². The Hall–Kier alpha value is -3.85. The number of rotatable bonds is 13. The van der Waals surface area contributed by atoms with Crippen molar-refractivity contribution in [2.45, 2.75) is 57.1 Å². The van der Waals surface area contributed by atoms with Crippen molar-refractivity contribution >= 4 is 5.97 Å². The van der Waals surface area contributed by atoms with E-state index in [4.69, 9.17) is 28.4 Å². The summed E-state index contributed by atoms with van der Waals surface area (Å²) in [5, 5.41) is 0. The molecule has 0 saturated carbocycles. The predicted octanol–water partition coefficient (Wildman–Crippen LogP) is 5.86. The van der Waals surface area contributed by atoms with Crippen LogP contribution >= 0.6 is 0 Å². The highest BCUT2D eigenvalue weighted by Gasteiger charge is 2.52. The zero-order valence-electron chi connectivity index (χ0n) is 23.6. The summed E-state index contributed by atoms with van der Waals surface area (Å²) in [5.74, 6) is -0.561. The van der Waals surface area contributed by atoms with Gasteiger partial charge in [0.25, 0.3) is 0 Å². The molecule has 1 aliphatic heterocycles. The van der Waals surface area contributed by atoms with Crippen LogP contribution in [0.5, 0.6) is 0 Å². The van der Waals surface area contributed by atoms with Gasteiger partial charge in [-0.05, 0) is 22.3 Å². The van der Waals surface area contributed by atoms with Gasteiger partial charge in [-0.2, -0.15) is 0 Å². The summed E-state index contributed by atoms with van der Waals surface area (Å²) in [6.45, 7) is 0.927. The van der Waals surface area contributed by atoms with E-state index in [-0.39, 0.29) is 19.8 Å². The zero-order valence-corrected chi connectivity index (χ0v) is 23.6. The Bertz CT molecular complexity index is 1340. The quantitative estimate of drug-likeness (QED) is 0.187. The van der Waals surface area contributed by atoms with Crippen molar-refractivity contribution in [3.05, 3.63) is 144 Å². The molecule has 0 aliphatic carbocycles. The molecule has 0 radical (unpaired) electrons. The molecule has 7 nitrogen and oxygen atoms in total. The van der Waals surface area contributed by atoms with Crippen molar-refractivity contribution in [1.29, 1.82) is 0 Å². The molecule has 1 aliphatic rings. The first-order valence-electron chi connectivity index (χ1n) is 14.1. The first kappa shape index (κ1) is 29.6. The minimum atomic E-state index is -1.11. The van der Waals surface area contributed by atoms with Crippen molar-refractivity contribution in [2.24, 2.45) is 0 Å². The van der Waals surface area contributed by atoms with Gasteiger partial charge in [0, 0.05) is 7.11 Å². The van der Waals surface area contributed by atoms with Gasteiger partial charge in [0.1, 0.15) is 24.9 Å². The third-order valence-corrected chi connectivity index (χ3v) is 7.04. The lowest BCUT2D eigenvalue weighted by molar-refractivity contribution is -0.315. The average molecular weight is 569 g/mol. The third-order valence-electron chi connectivity index (χ3n) is 7.04. The smallest absolute Gasteiger partial charge is 0.338 e. The van der Waals surface area contributed by atoms with E-state index in [1.165, 1.54) is 7.11 Å². The molecule has 0 N–H and O–H groups in total. The molecule has 1 fully saturated rings. The molecule has 0 aromatic heterocycles. The molecule has 3 unspecified atom stereocenters. The van der Waals surface area contributed by atoms with Crippen molar-refractivity contribution in [3.8, 4) is 0 Å². The second-order valence-corrected chi connectivity index (χ2v) is 10.0. The summed E-state index contributed by atoms with van der Waals surface area (Å²) in [5.41, 5.74) is 3.78. The number of hydrogen-bond acceptors (Lipinski definition) is 7. The van der Waals surface area contributed by atoms with Crippen molar-refractivity contribution < 1.29 is 33.2 Å². The van der Waals surface area contributed by atoms with Gasteiger partial charge in [0.2, 0.25) is 0 Å². The van der Waals surface area contributed by atoms with E-state index in [1.54, 1.807) is 0 Å². The van der Waals surface area contributed by atoms with Crippen LogP contribution in [0.1, 0.15) is 22.3 Å². The van der Waals surface area contributed by atoms with E-state index in [0.717, 1.165) is 22.3 Å². The highest BCUT2D eigenvalue weighted by atomic mass is 16.7. The highest BCUT2D eigenvalue weighted by molar-refractivity contribution is 5.76. The van der Waals surface area contributed by atoms with Crippen LogP contribution in [0.4, 0.5) is 0 Å². The molecule has 42 heavy (non-hydrogen) atoms. The van der Waals surface area contributed by atoms with E-state index in [2.05, 4.69) is 0 Å². The van der Waals surface area contributed by atoms with Gasteiger partial charge in [-0.1, -0.05) is 121 Å². The van der Waals surface area contributed by atoms with Crippen LogP contribution in [-0.2, 0) is 59.6 Å². The Morgan fingerprint density at radius 3 is 1.36 bits per heavy atom. The SMILES string of the molecule is CO[C@@H]1OC(C(=O)OCc2ccccc2)[C@H](OCc2ccccc2)C(OCc2ccccc2)C1OCc1ccccc1. The van der Waals surface area contributed by atoms with Crippen LogP contribution in [0.25, 0.3) is 0 Å². The Labute approximate surface area is 246 Å². The van der Waals surface area contributed by atoms with Crippen molar-refractivity contribution in [1.82, 2.24) is 0 Å². The van der Waals surface area contributed by atoms with Crippen molar-refractivity contribution in [2.75, 3.05) is 7.11 Å². The largest absolute Gasteiger partial charge is 0.459 e. The predicted molar refractivity (Wildman–Crippen MR) is 157 cm³/mol. The normalized spacial score (nSPS) is 22.0. The number of hydrogen-bond donors (Lipinski definition) is 0. The lowest BCUT2D eigenvalue weighted by atomic mass is 9.97. The molecule has 5 atom stereocenters. The number of methoxy groups -OCH3 is 1. The fraction of sp³-hybridized carbons (Fsp3) is 0.286. The Kier molecular flexibility index (Phi) is 10.9. The van der Waals surface area contributed by atoms with E-state index in [1.807, 2.05) is 121 Å². The molecule has 7 heteroatoms. The van der Waals surface area contributed by atoms with Crippen LogP contribution in [-0.4, -0.2) is 43.8 Å². The number of carbonyl (C=O) groups is 1. The van der Waals surface area contributed by atoms with Gasteiger partial charge in [-0.25, -0.2) is 4.79 Å². The number of ether oxygens (including phenoxy) is 6. The molecule has 1 saturated heterocycles. The fourth-order valence-corrected chi connectivity index (χ4v) is 4.85. The van der Waals surface area contributed by atoms with Gasteiger partial charge in [-0.15, -0.1) is 0 Å².